The molecule has 15 rings (SSSR count). The van der Waals surface area contributed by atoms with Crippen LogP contribution in [0.1, 0.15) is 30.1 Å². The van der Waals surface area contributed by atoms with Crippen LogP contribution in [0.4, 0.5) is 57.3 Å². The molecular weight excluding hydrogens is 1690 g/mol. The van der Waals surface area contributed by atoms with Gasteiger partial charge in [-0.1, -0.05) is 133 Å². The van der Waals surface area contributed by atoms with Crippen LogP contribution < -0.4 is 19.7 Å². The number of likely N-dealkylation sites (N-methyl/N-ethyl adjacent to an activating group) is 1. The second-order valence-corrected chi connectivity index (χ2v) is 21.4. The van der Waals surface area contributed by atoms with E-state index in [1.54, 1.807) is 11.9 Å². The third-order valence-electron chi connectivity index (χ3n) is 14.7. The molecule has 18 heteroatoms. The third kappa shape index (κ3) is 15.8. The van der Waals surface area contributed by atoms with Crippen LogP contribution in [0.15, 0.2) is 265 Å². The molecular formula is C73H59N14Pt3S-3. The third-order valence-corrected chi connectivity index (χ3v) is 15.4. The van der Waals surface area contributed by atoms with Gasteiger partial charge in [0.2, 0.25) is 0 Å². The van der Waals surface area contributed by atoms with E-state index >= 15 is 0 Å². The summed E-state index contributed by atoms with van der Waals surface area (Å²) in [6, 6.07) is 89.5. The molecule has 0 saturated carbocycles. The van der Waals surface area contributed by atoms with Gasteiger partial charge in [-0.25, -0.2) is 0 Å². The van der Waals surface area contributed by atoms with Gasteiger partial charge in [0.15, 0.2) is 0 Å². The van der Waals surface area contributed by atoms with Crippen molar-refractivity contribution in [3.63, 3.8) is 0 Å². The number of anilines is 10. The first-order valence-corrected chi connectivity index (χ1v) is 30.1. The number of rotatable bonds is 15. The average Bonchev–Trinajstić information content (AvgIpc) is 2.52. The number of nitrogens with zero attached hydrogens (tertiary/aromatic N) is 14. The zero-order valence-electron chi connectivity index (χ0n) is 49.3. The maximum Gasteiger partial charge on any atom is 2.00 e. The molecule has 14 nitrogen and oxygen atoms in total. The topological polar surface area (TPSA) is 108 Å². The van der Waals surface area contributed by atoms with Crippen LogP contribution in [0.2, 0.25) is 0 Å². The molecule has 6 aromatic carbocycles. The molecule has 1 fully saturated rings. The fourth-order valence-corrected chi connectivity index (χ4v) is 11.2. The van der Waals surface area contributed by atoms with Gasteiger partial charge in [-0.05, 0) is 98.0 Å². The predicted molar refractivity (Wildman–Crippen MR) is 355 cm³/mol. The molecule has 1 saturated heterocycles. The van der Waals surface area contributed by atoms with Crippen LogP contribution in [0.3, 0.4) is 0 Å². The Labute approximate surface area is 579 Å². The monoisotopic (exact) mass is 1750 g/mol. The minimum atomic E-state index is 0. The summed E-state index contributed by atoms with van der Waals surface area (Å²) in [5, 5.41) is 11.1. The maximum atomic E-state index is 4.91. The molecule has 0 bridgehead atoms. The van der Waals surface area contributed by atoms with Crippen molar-refractivity contribution in [1.29, 1.82) is 0 Å². The van der Waals surface area contributed by atoms with E-state index in [0.29, 0.717) is 0 Å². The Kier molecular flexibility index (Phi) is 23.0. The summed E-state index contributed by atoms with van der Waals surface area (Å²) in [4.78, 5) is 23.3. The van der Waals surface area contributed by atoms with Gasteiger partial charge in [0.1, 0.15) is 17.5 Å². The van der Waals surface area contributed by atoms with Crippen molar-refractivity contribution < 1.29 is 63.2 Å². The largest absolute Gasteiger partial charge is 2.00 e. The van der Waals surface area contributed by atoms with Crippen molar-refractivity contribution in [3.05, 3.63) is 308 Å². The van der Waals surface area contributed by atoms with Gasteiger partial charge in [0, 0.05) is 63.1 Å². The van der Waals surface area contributed by atoms with Gasteiger partial charge < -0.3 is 38.6 Å². The zero-order chi connectivity index (χ0) is 59.3. The number of benzene rings is 6. The van der Waals surface area contributed by atoms with Gasteiger partial charge in [0.25, 0.3) is 0 Å². The molecule has 91 heavy (non-hydrogen) atoms. The number of hydrazone groups is 1. The van der Waals surface area contributed by atoms with Gasteiger partial charge in [-0.3, -0.25) is 24.4 Å². The molecule has 3 aliphatic heterocycles. The molecule has 6 aromatic heterocycles. The molecule has 0 spiro atoms. The Balaban J connectivity index is 0.000000147. The van der Waals surface area contributed by atoms with Crippen LogP contribution in [0.25, 0.3) is 22.8 Å². The van der Waals surface area contributed by atoms with Crippen LogP contribution in [-0.4, -0.2) is 77.9 Å². The molecule has 9 heterocycles. The Morgan fingerprint density at radius 1 is 0.484 bits per heavy atom. The van der Waals surface area contributed by atoms with Crippen molar-refractivity contribution in [3.8, 4) is 17.5 Å². The standard InChI is InChI=1S/C25H22N5.C24H19N5.C24H18N4S.3Pt/c1-28-18-15-26-25(28)20-9-7-12-22(19-20)30(21-10-3-2-4-11-21)24-14-8-13-23(27-24)29-16-5-6-17-29;1-2-9-20(10-3-1)29(22-12-6-11-21(19-22)28-18-8-15-25-28)24-14-7-13-23(26-24)27-16-4-5-17-27;1-2-9-20(10-3-1)28(21-11-6-8-19(18-21)22-14-17-29-26-22)24-13-7-12-23(25-24)27-15-4-5-16-27;;;/h2-14,16,25H,15,18H2,1H3;1-7,9-16H,8,18H2;1-13,15H,14,17H2;;;/q-3;2*-2;;2*+2. The zero-order valence-corrected chi connectivity index (χ0v) is 56.9. The molecule has 0 aliphatic carbocycles. The summed E-state index contributed by atoms with van der Waals surface area (Å²) < 4.78 is 10.2. The Bertz CT molecular complexity index is 4250. The van der Waals surface area contributed by atoms with E-state index in [2.05, 4.69) is 146 Å². The summed E-state index contributed by atoms with van der Waals surface area (Å²) >= 11 is 1.62. The summed E-state index contributed by atoms with van der Waals surface area (Å²) in [6.45, 7) is 2.71. The Morgan fingerprint density at radius 2 is 0.945 bits per heavy atom. The van der Waals surface area contributed by atoms with Crippen LogP contribution in [0.5, 0.6) is 0 Å². The minimum absolute atomic E-state index is 0. The second kappa shape index (κ2) is 32.0. The fourth-order valence-electron chi connectivity index (χ4n) is 10.5. The second-order valence-electron chi connectivity index (χ2n) is 20.6. The van der Waals surface area contributed by atoms with Crippen molar-refractivity contribution >= 4 is 81.1 Å². The summed E-state index contributed by atoms with van der Waals surface area (Å²) in [5.41, 5.74) is 10.1. The van der Waals surface area contributed by atoms with Gasteiger partial charge >= 0.3 is 42.1 Å². The van der Waals surface area contributed by atoms with E-state index in [9.17, 15) is 0 Å². The first kappa shape index (κ1) is 65.4. The SMILES string of the molecule is CN1CC[N-]C1c1[c-]c(N(c2ccccc2)c2cccc(-n3[c-]ccc3)n2)ccc1.[Pt+2].[Pt+2].[Pt].[c-]1c(C2=NSCC2)cccc1N(c1ccccc1)c1cccc(-n2[c-]ccc2)n1.[c-]1c(N2CCC=N2)cccc1N(c1ccccc1)c1cccc(-n2[c-]ccc2)n1. The molecule has 12 aromatic rings. The summed E-state index contributed by atoms with van der Waals surface area (Å²) in [7, 11) is 2.11. The Morgan fingerprint density at radius 3 is 1.37 bits per heavy atom. The van der Waals surface area contributed by atoms with E-state index < -0.39 is 0 Å². The number of aromatic nitrogens is 6. The Hall–Kier alpha value is -8.52. The number of pyridine rings is 3. The molecule has 460 valence electrons. The number of hydrogen-bond acceptors (Lipinski definition) is 11. The van der Waals surface area contributed by atoms with Crippen molar-refractivity contribution in [2.24, 2.45) is 9.50 Å². The molecule has 0 amide bonds. The van der Waals surface area contributed by atoms with Crippen LogP contribution in [-0.2, 0) is 63.2 Å². The first-order valence-electron chi connectivity index (χ1n) is 29.1. The maximum absolute atomic E-state index is 4.91. The van der Waals surface area contributed by atoms with Crippen LogP contribution >= 0.6 is 11.9 Å². The van der Waals surface area contributed by atoms with Crippen molar-refractivity contribution in [2.45, 2.75) is 19.0 Å². The van der Waals surface area contributed by atoms with Crippen molar-refractivity contribution in [2.75, 3.05) is 52.1 Å². The predicted octanol–water partition coefficient (Wildman–Crippen LogP) is 16.2. The van der Waals surface area contributed by atoms with E-state index in [0.717, 1.165) is 130 Å². The van der Waals surface area contributed by atoms with Crippen LogP contribution in [0, 0.1) is 36.8 Å². The minimum Gasteiger partial charge on any atom is -0.644 e. The fraction of sp³-hybridized carbons (Fsp3) is 0.110. The molecule has 0 N–H and O–H groups in total. The van der Waals surface area contributed by atoms with Crippen molar-refractivity contribution in [1.82, 2.24) is 33.6 Å². The molecule has 1 atom stereocenters. The number of hydrogen-bond donors (Lipinski definition) is 0. The smallest absolute Gasteiger partial charge is 0.644 e. The van der Waals surface area contributed by atoms with E-state index in [1.165, 1.54) is 0 Å². The van der Waals surface area contributed by atoms with E-state index in [4.69, 9.17) is 20.3 Å². The molecule has 0 radical (unpaired) electrons. The van der Waals surface area contributed by atoms with E-state index in [1.807, 2.05) is 207 Å². The number of para-hydroxylation sites is 3. The summed E-state index contributed by atoms with van der Waals surface area (Å²) in [6.07, 6.45) is 19.2. The quantitative estimate of drug-likeness (QED) is 0.0732. The summed E-state index contributed by atoms with van der Waals surface area (Å²) in [5.74, 6) is 5.95. The van der Waals surface area contributed by atoms with E-state index in [-0.39, 0.29) is 69.4 Å². The first-order chi connectivity index (χ1) is 43.6. The molecule has 1 unspecified atom stereocenters. The van der Waals surface area contributed by atoms with Gasteiger partial charge in [-0.2, -0.15) is 53.1 Å². The normalized spacial score (nSPS) is 13.9. The molecule has 3 aliphatic rings. The van der Waals surface area contributed by atoms with Gasteiger partial charge in [-0.15, -0.1) is 97.4 Å². The van der Waals surface area contributed by atoms with Gasteiger partial charge in [0.05, 0.1) is 17.5 Å². The average molecular weight is 1750 g/mol.